The minimum absolute atomic E-state index is 0.133. The molecular weight excluding hydrogens is 330 g/mol. The zero-order valence-electron chi connectivity index (χ0n) is 12.6. The Morgan fingerprint density at radius 1 is 1.35 bits per heavy atom. The number of carbonyl (C=O) groups excluding carboxylic acids is 1. The molecular formula is C16H15N3O2S2. The van der Waals surface area contributed by atoms with Gasteiger partial charge in [0.1, 0.15) is 4.83 Å². The maximum atomic E-state index is 12.2. The summed E-state index contributed by atoms with van der Waals surface area (Å²) in [5.74, 6) is -0.133. The number of benzene rings is 1. The second-order valence-electron chi connectivity index (χ2n) is 5.09. The molecule has 0 aliphatic rings. The van der Waals surface area contributed by atoms with Crippen LogP contribution in [-0.4, -0.2) is 21.1 Å². The van der Waals surface area contributed by atoms with E-state index in [-0.39, 0.29) is 16.7 Å². The summed E-state index contributed by atoms with van der Waals surface area (Å²) in [4.78, 5) is 32.2. The molecule has 118 valence electrons. The molecule has 2 aromatic heterocycles. The molecule has 0 saturated heterocycles. The Bertz CT molecular complexity index is 903. The summed E-state index contributed by atoms with van der Waals surface area (Å²) in [6, 6.07) is 9.27. The number of H-pyrrole nitrogens is 1. The van der Waals surface area contributed by atoms with Gasteiger partial charge in [-0.15, -0.1) is 11.3 Å². The zero-order chi connectivity index (χ0) is 16.4. The Kier molecular flexibility index (Phi) is 4.49. The first-order valence-corrected chi connectivity index (χ1v) is 8.81. The molecule has 0 unspecified atom stereocenters. The predicted molar refractivity (Wildman–Crippen MR) is 95.4 cm³/mol. The number of carbonyl (C=O) groups is 1. The van der Waals surface area contributed by atoms with E-state index in [1.807, 2.05) is 42.6 Å². The number of aromatic nitrogens is 2. The SMILES string of the molecule is Cc1csc2nc(S[C@H](C)C(=O)Nc3ccccc3)[nH]c(=O)c12. The average molecular weight is 345 g/mol. The van der Waals surface area contributed by atoms with Crippen molar-refractivity contribution in [2.24, 2.45) is 0 Å². The van der Waals surface area contributed by atoms with Crippen LogP contribution < -0.4 is 10.9 Å². The Morgan fingerprint density at radius 2 is 2.09 bits per heavy atom. The van der Waals surface area contributed by atoms with Crippen molar-refractivity contribution in [2.45, 2.75) is 24.3 Å². The van der Waals surface area contributed by atoms with E-state index in [4.69, 9.17) is 0 Å². The number of nitrogens with one attached hydrogen (secondary N) is 2. The van der Waals surface area contributed by atoms with Crippen LogP contribution in [0.2, 0.25) is 0 Å². The van der Waals surface area contributed by atoms with Crippen molar-refractivity contribution in [3.63, 3.8) is 0 Å². The van der Waals surface area contributed by atoms with E-state index < -0.39 is 0 Å². The first-order chi connectivity index (χ1) is 11.0. The number of rotatable bonds is 4. The number of hydrogen-bond donors (Lipinski definition) is 2. The van der Waals surface area contributed by atoms with Gasteiger partial charge >= 0.3 is 0 Å². The molecule has 0 saturated carbocycles. The normalized spacial score (nSPS) is 12.3. The average Bonchev–Trinajstić information content (AvgIpc) is 2.90. The van der Waals surface area contributed by atoms with E-state index in [0.717, 1.165) is 11.3 Å². The molecule has 7 heteroatoms. The lowest BCUT2D eigenvalue weighted by Crippen LogP contribution is -2.23. The van der Waals surface area contributed by atoms with Crippen LogP contribution in [0, 0.1) is 6.92 Å². The Hall–Kier alpha value is -2.12. The van der Waals surface area contributed by atoms with Gasteiger partial charge in [0.25, 0.3) is 5.56 Å². The van der Waals surface area contributed by atoms with Crippen LogP contribution in [0.25, 0.3) is 10.2 Å². The lowest BCUT2D eigenvalue weighted by molar-refractivity contribution is -0.115. The van der Waals surface area contributed by atoms with E-state index >= 15 is 0 Å². The maximum absolute atomic E-state index is 12.2. The Morgan fingerprint density at radius 3 is 2.83 bits per heavy atom. The number of aromatic amines is 1. The minimum atomic E-state index is -0.378. The number of amides is 1. The number of anilines is 1. The molecule has 3 rings (SSSR count). The standard InChI is InChI=1S/C16H15N3O2S2/c1-9-8-22-15-12(9)14(21)18-16(19-15)23-10(2)13(20)17-11-6-4-3-5-7-11/h3-8,10H,1-2H3,(H,17,20)(H,18,19,21)/t10-/m1/s1. The summed E-state index contributed by atoms with van der Waals surface area (Å²) in [5.41, 5.74) is 1.51. The minimum Gasteiger partial charge on any atom is -0.325 e. The second-order valence-corrected chi connectivity index (χ2v) is 7.27. The van der Waals surface area contributed by atoms with Crippen LogP contribution >= 0.6 is 23.1 Å². The molecule has 0 spiro atoms. The van der Waals surface area contributed by atoms with Crippen LogP contribution in [0.3, 0.4) is 0 Å². The van der Waals surface area contributed by atoms with Gasteiger partial charge in [-0.05, 0) is 36.9 Å². The largest absolute Gasteiger partial charge is 0.325 e. The maximum Gasteiger partial charge on any atom is 0.260 e. The quantitative estimate of drug-likeness (QED) is 0.561. The van der Waals surface area contributed by atoms with Gasteiger partial charge in [0.15, 0.2) is 5.16 Å². The number of hydrogen-bond acceptors (Lipinski definition) is 5. The summed E-state index contributed by atoms with van der Waals surface area (Å²) >= 11 is 2.67. The number of nitrogens with zero attached hydrogens (tertiary/aromatic N) is 1. The van der Waals surface area contributed by atoms with Gasteiger partial charge in [-0.3, -0.25) is 9.59 Å². The van der Waals surface area contributed by atoms with E-state index in [1.54, 1.807) is 6.92 Å². The monoisotopic (exact) mass is 345 g/mol. The van der Waals surface area contributed by atoms with Crippen molar-refractivity contribution in [2.75, 3.05) is 5.32 Å². The molecule has 0 radical (unpaired) electrons. The Labute approximate surface area is 141 Å². The lowest BCUT2D eigenvalue weighted by Gasteiger charge is -2.11. The van der Waals surface area contributed by atoms with E-state index in [1.165, 1.54) is 23.1 Å². The fourth-order valence-corrected chi connectivity index (χ4v) is 3.89. The highest BCUT2D eigenvalue weighted by Crippen LogP contribution is 2.25. The fraction of sp³-hybridized carbons (Fsp3) is 0.188. The molecule has 1 amide bonds. The third-order valence-corrected chi connectivity index (χ3v) is 5.28. The van der Waals surface area contributed by atoms with Crippen molar-refractivity contribution in [3.8, 4) is 0 Å². The zero-order valence-corrected chi connectivity index (χ0v) is 14.3. The van der Waals surface area contributed by atoms with Gasteiger partial charge in [0.05, 0.1) is 10.6 Å². The van der Waals surface area contributed by atoms with Crippen molar-refractivity contribution in [1.82, 2.24) is 9.97 Å². The number of thioether (sulfide) groups is 1. The highest BCUT2D eigenvalue weighted by atomic mass is 32.2. The van der Waals surface area contributed by atoms with E-state index in [9.17, 15) is 9.59 Å². The van der Waals surface area contributed by atoms with Gasteiger partial charge in [-0.1, -0.05) is 30.0 Å². The van der Waals surface area contributed by atoms with Crippen LogP contribution in [0.5, 0.6) is 0 Å². The molecule has 3 aromatic rings. The Balaban J connectivity index is 1.76. The number of thiophene rings is 1. The van der Waals surface area contributed by atoms with Gasteiger partial charge < -0.3 is 10.3 Å². The number of fused-ring (bicyclic) bond motifs is 1. The van der Waals surface area contributed by atoms with Crippen molar-refractivity contribution >= 4 is 44.9 Å². The van der Waals surface area contributed by atoms with Crippen LogP contribution in [-0.2, 0) is 4.79 Å². The lowest BCUT2D eigenvalue weighted by atomic mass is 10.3. The predicted octanol–water partition coefficient (Wildman–Crippen LogP) is 3.41. The third kappa shape index (κ3) is 3.46. The molecule has 23 heavy (non-hydrogen) atoms. The molecule has 1 atom stereocenters. The highest BCUT2D eigenvalue weighted by molar-refractivity contribution is 8.00. The molecule has 2 heterocycles. The molecule has 0 fully saturated rings. The van der Waals surface area contributed by atoms with E-state index in [2.05, 4.69) is 15.3 Å². The summed E-state index contributed by atoms with van der Waals surface area (Å²) in [6.07, 6.45) is 0. The van der Waals surface area contributed by atoms with Crippen molar-refractivity contribution in [3.05, 3.63) is 51.6 Å². The number of para-hydroxylation sites is 1. The van der Waals surface area contributed by atoms with Gasteiger partial charge in [-0.25, -0.2) is 4.98 Å². The topological polar surface area (TPSA) is 74.8 Å². The smallest absolute Gasteiger partial charge is 0.260 e. The van der Waals surface area contributed by atoms with Gasteiger partial charge in [0, 0.05) is 5.69 Å². The highest BCUT2D eigenvalue weighted by Gasteiger charge is 2.17. The molecule has 5 nitrogen and oxygen atoms in total. The first kappa shape index (κ1) is 15.8. The van der Waals surface area contributed by atoms with Gasteiger partial charge in [-0.2, -0.15) is 0 Å². The summed E-state index contributed by atoms with van der Waals surface area (Å²) in [5, 5.41) is 5.46. The summed E-state index contributed by atoms with van der Waals surface area (Å²) in [7, 11) is 0. The molecule has 0 aliphatic carbocycles. The van der Waals surface area contributed by atoms with E-state index in [0.29, 0.717) is 15.4 Å². The first-order valence-electron chi connectivity index (χ1n) is 7.05. The van der Waals surface area contributed by atoms with Crippen molar-refractivity contribution in [1.29, 1.82) is 0 Å². The number of aryl methyl sites for hydroxylation is 1. The molecule has 2 N–H and O–H groups in total. The van der Waals surface area contributed by atoms with Gasteiger partial charge in [0.2, 0.25) is 5.91 Å². The van der Waals surface area contributed by atoms with Crippen molar-refractivity contribution < 1.29 is 4.79 Å². The van der Waals surface area contributed by atoms with Crippen LogP contribution in [0.15, 0.2) is 45.7 Å². The van der Waals surface area contributed by atoms with Crippen LogP contribution in [0.4, 0.5) is 5.69 Å². The molecule has 1 aromatic carbocycles. The third-order valence-electron chi connectivity index (χ3n) is 3.31. The summed E-state index contributed by atoms with van der Waals surface area (Å²) in [6.45, 7) is 3.67. The second kappa shape index (κ2) is 6.55. The van der Waals surface area contributed by atoms with Crippen LogP contribution in [0.1, 0.15) is 12.5 Å². The molecule has 0 aliphatic heterocycles. The molecule has 0 bridgehead atoms. The fourth-order valence-electron chi connectivity index (χ4n) is 2.11. The summed E-state index contributed by atoms with van der Waals surface area (Å²) < 4.78 is 0.